The first-order valence-electron chi connectivity index (χ1n) is 8.04. The fraction of sp³-hybridized carbons (Fsp3) is 0.278. The Morgan fingerprint density at radius 3 is 2.64 bits per heavy atom. The van der Waals surface area contributed by atoms with E-state index in [1.165, 1.54) is 0 Å². The van der Waals surface area contributed by atoms with E-state index in [1.54, 1.807) is 23.2 Å². The highest BCUT2D eigenvalue weighted by Gasteiger charge is 2.17. The minimum absolute atomic E-state index is 0.284. The Balaban J connectivity index is 1.71. The topological polar surface area (TPSA) is 65.5 Å². The van der Waals surface area contributed by atoms with Gasteiger partial charge in [0.25, 0.3) is 5.91 Å². The van der Waals surface area contributed by atoms with E-state index in [9.17, 15) is 9.59 Å². The molecule has 1 aliphatic rings. The number of carbonyl (C=O) groups excluding carboxylic acids is 2. The van der Waals surface area contributed by atoms with Gasteiger partial charge in [-0.15, -0.1) is 0 Å². The molecule has 0 bridgehead atoms. The van der Waals surface area contributed by atoms with E-state index in [0.29, 0.717) is 29.5 Å². The maximum atomic E-state index is 12.5. The third kappa shape index (κ3) is 4.09. The Morgan fingerprint density at radius 1 is 1.20 bits per heavy atom. The third-order valence-electron chi connectivity index (χ3n) is 4.23. The van der Waals surface area contributed by atoms with Crippen molar-refractivity contribution in [1.29, 1.82) is 0 Å². The van der Waals surface area contributed by atoms with E-state index in [-0.39, 0.29) is 5.91 Å². The molecule has 1 aromatic heterocycles. The molecule has 2 heterocycles. The smallest absolute Gasteiger partial charge is 0.274 e. The number of piperazine rings is 1. The second-order valence-corrected chi connectivity index (χ2v) is 6.35. The average Bonchev–Trinajstić information content (AvgIpc) is 2.65. The molecule has 6 nitrogen and oxygen atoms in total. The lowest BCUT2D eigenvalue weighted by atomic mass is 10.2. The lowest BCUT2D eigenvalue weighted by Crippen LogP contribution is -2.45. The molecule has 0 spiro atoms. The van der Waals surface area contributed by atoms with E-state index in [1.807, 2.05) is 25.1 Å². The van der Waals surface area contributed by atoms with Crippen molar-refractivity contribution in [3.05, 3.63) is 52.8 Å². The van der Waals surface area contributed by atoms with Crippen molar-refractivity contribution in [3.63, 3.8) is 0 Å². The van der Waals surface area contributed by atoms with Gasteiger partial charge >= 0.3 is 0 Å². The molecule has 0 saturated carbocycles. The zero-order chi connectivity index (χ0) is 17.8. The van der Waals surface area contributed by atoms with Crippen LogP contribution in [0.25, 0.3) is 0 Å². The fourth-order valence-electron chi connectivity index (χ4n) is 2.69. The monoisotopic (exact) mass is 358 g/mol. The van der Waals surface area contributed by atoms with E-state index in [0.717, 1.165) is 30.8 Å². The number of aromatic nitrogens is 1. The van der Waals surface area contributed by atoms with E-state index in [2.05, 4.69) is 15.2 Å². The van der Waals surface area contributed by atoms with Gasteiger partial charge in [-0.2, -0.15) is 0 Å². The lowest BCUT2D eigenvalue weighted by Gasteiger charge is -2.34. The molecule has 130 valence electrons. The van der Waals surface area contributed by atoms with Crippen LogP contribution >= 0.6 is 11.6 Å². The van der Waals surface area contributed by atoms with Gasteiger partial charge in [0.05, 0.1) is 0 Å². The molecule has 2 aromatic rings. The van der Waals surface area contributed by atoms with Crippen molar-refractivity contribution in [2.75, 3.05) is 36.4 Å². The van der Waals surface area contributed by atoms with Crippen LogP contribution in [0.15, 0.2) is 36.5 Å². The van der Waals surface area contributed by atoms with E-state index >= 15 is 0 Å². The summed E-state index contributed by atoms with van der Waals surface area (Å²) in [6, 6.07) is 9.02. The number of amides is 2. The molecule has 25 heavy (non-hydrogen) atoms. The van der Waals surface area contributed by atoms with Crippen LogP contribution in [0.5, 0.6) is 0 Å². The maximum Gasteiger partial charge on any atom is 0.274 e. The highest BCUT2D eigenvalue weighted by molar-refractivity contribution is 6.31. The molecule has 1 fully saturated rings. The fourth-order valence-corrected chi connectivity index (χ4v) is 2.87. The number of anilines is 2. The Labute approximate surface area is 151 Å². The third-order valence-corrected chi connectivity index (χ3v) is 4.64. The molecule has 0 radical (unpaired) electrons. The van der Waals surface area contributed by atoms with Gasteiger partial charge < -0.3 is 15.1 Å². The SMILES string of the molecule is Cc1ccc(NC(=O)c2cc(N3CCN(C=O)CC3)ccn2)cc1Cl. The van der Waals surface area contributed by atoms with E-state index < -0.39 is 0 Å². The number of halogens is 1. The summed E-state index contributed by atoms with van der Waals surface area (Å²) >= 11 is 6.09. The summed E-state index contributed by atoms with van der Waals surface area (Å²) in [7, 11) is 0. The summed E-state index contributed by atoms with van der Waals surface area (Å²) in [6.45, 7) is 4.72. The van der Waals surface area contributed by atoms with Crippen LogP contribution in [0.4, 0.5) is 11.4 Å². The van der Waals surface area contributed by atoms with Gasteiger partial charge in [-0.1, -0.05) is 17.7 Å². The van der Waals surface area contributed by atoms with Crippen molar-refractivity contribution < 1.29 is 9.59 Å². The molecular formula is C18H19ClN4O2. The largest absolute Gasteiger partial charge is 0.368 e. The molecular weight excluding hydrogens is 340 g/mol. The van der Waals surface area contributed by atoms with Gasteiger partial charge in [0.15, 0.2) is 0 Å². The zero-order valence-corrected chi connectivity index (χ0v) is 14.7. The predicted octanol–water partition coefficient (Wildman–Crippen LogP) is 2.57. The number of nitrogens with one attached hydrogen (secondary N) is 1. The second-order valence-electron chi connectivity index (χ2n) is 5.95. The van der Waals surface area contributed by atoms with Crippen molar-refractivity contribution in [1.82, 2.24) is 9.88 Å². The van der Waals surface area contributed by atoms with Gasteiger partial charge in [-0.05, 0) is 36.8 Å². The molecule has 0 atom stereocenters. The van der Waals surface area contributed by atoms with Crippen molar-refractivity contribution in [3.8, 4) is 0 Å². The number of aryl methyl sites for hydroxylation is 1. The van der Waals surface area contributed by atoms with Gasteiger partial charge in [-0.25, -0.2) is 0 Å². The summed E-state index contributed by atoms with van der Waals surface area (Å²) in [5, 5.41) is 3.42. The van der Waals surface area contributed by atoms with Crippen LogP contribution in [0, 0.1) is 6.92 Å². The molecule has 1 N–H and O–H groups in total. The summed E-state index contributed by atoms with van der Waals surface area (Å²) in [6.07, 6.45) is 2.49. The summed E-state index contributed by atoms with van der Waals surface area (Å²) in [5.41, 5.74) is 2.85. The standard InChI is InChI=1S/C18H19ClN4O2/c1-13-2-3-14(10-16(13)19)21-18(25)17-11-15(4-5-20-17)23-8-6-22(12-24)7-9-23/h2-5,10-12H,6-9H2,1H3,(H,21,25). The minimum atomic E-state index is -0.284. The first-order valence-corrected chi connectivity index (χ1v) is 8.42. The molecule has 0 aliphatic carbocycles. The molecule has 1 aromatic carbocycles. The number of pyridine rings is 1. The highest BCUT2D eigenvalue weighted by atomic mass is 35.5. The number of benzene rings is 1. The summed E-state index contributed by atoms with van der Waals surface area (Å²) < 4.78 is 0. The average molecular weight is 359 g/mol. The summed E-state index contributed by atoms with van der Waals surface area (Å²) in [5.74, 6) is -0.284. The summed E-state index contributed by atoms with van der Waals surface area (Å²) in [4.78, 5) is 31.3. The number of hydrogen-bond donors (Lipinski definition) is 1. The van der Waals surface area contributed by atoms with Gasteiger partial charge in [0.1, 0.15) is 5.69 Å². The van der Waals surface area contributed by atoms with E-state index in [4.69, 9.17) is 11.6 Å². The number of nitrogens with zero attached hydrogens (tertiary/aromatic N) is 3. The Morgan fingerprint density at radius 2 is 1.96 bits per heavy atom. The van der Waals surface area contributed by atoms with Gasteiger partial charge in [0.2, 0.25) is 6.41 Å². The molecule has 0 unspecified atom stereocenters. The Kier molecular flexibility index (Phi) is 5.19. The molecule has 3 rings (SSSR count). The molecule has 7 heteroatoms. The van der Waals surface area contributed by atoms with Gasteiger partial charge in [-0.3, -0.25) is 14.6 Å². The lowest BCUT2D eigenvalue weighted by molar-refractivity contribution is -0.118. The first kappa shape index (κ1) is 17.2. The van der Waals surface area contributed by atoms with Crippen LogP contribution in [-0.4, -0.2) is 48.4 Å². The van der Waals surface area contributed by atoms with Crippen LogP contribution in [-0.2, 0) is 4.79 Å². The quantitative estimate of drug-likeness (QED) is 0.853. The van der Waals surface area contributed by atoms with Gasteiger partial charge in [0, 0.05) is 48.8 Å². The van der Waals surface area contributed by atoms with Crippen LogP contribution in [0.3, 0.4) is 0 Å². The number of carbonyl (C=O) groups is 2. The number of rotatable bonds is 4. The van der Waals surface area contributed by atoms with Crippen LogP contribution in [0.2, 0.25) is 5.02 Å². The van der Waals surface area contributed by atoms with Crippen molar-refractivity contribution >= 4 is 35.3 Å². The zero-order valence-electron chi connectivity index (χ0n) is 13.9. The van der Waals surface area contributed by atoms with Crippen molar-refractivity contribution in [2.24, 2.45) is 0 Å². The first-order chi connectivity index (χ1) is 12.1. The second kappa shape index (κ2) is 7.53. The Hall–Kier alpha value is -2.60. The van der Waals surface area contributed by atoms with Crippen LogP contribution in [0.1, 0.15) is 16.1 Å². The maximum absolute atomic E-state index is 12.5. The molecule has 2 amide bonds. The Bertz CT molecular complexity index is 788. The molecule has 1 aliphatic heterocycles. The normalized spacial score (nSPS) is 14.3. The minimum Gasteiger partial charge on any atom is -0.368 e. The van der Waals surface area contributed by atoms with Crippen LogP contribution < -0.4 is 10.2 Å². The predicted molar refractivity (Wildman–Crippen MR) is 98.2 cm³/mol. The highest BCUT2D eigenvalue weighted by Crippen LogP contribution is 2.21. The number of hydrogen-bond acceptors (Lipinski definition) is 4. The molecule has 1 saturated heterocycles. The van der Waals surface area contributed by atoms with Crippen molar-refractivity contribution in [2.45, 2.75) is 6.92 Å².